The van der Waals surface area contributed by atoms with Crippen molar-refractivity contribution < 1.29 is 9.53 Å². The van der Waals surface area contributed by atoms with Crippen LogP contribution in [-0.4, -0.2) is 18.9 Å². The minimum absolute atomic E-state index is 0.0381. The van der Waals surface area contributed by atoms with E-state index in [4.69, 9.17) is 4.74 Å². The third-order valence-corrected chi connectivity index (χ3v) is 3.90. The summed E-state index contributed by atoms with van der Waals surface area (Å²) >= 11 is 0. The van der Waals surface area contributed by atoms with E-state index in [9.17, 15) is 4.79 Å². The molecule has 0 bridgehead atoms. The Kier molecular flexibility index (Phi) is 8.81. The number of ketones is 1. The quantitative estimate of drug-likeness (QED) is 0.594. The summed E-state index contributed by atoms with van der Waals surface area (Å²) in [5.74, 6) is 0.878. The molecule has 3 aromatic rings. The van der Waals surface area contributed by atoms with Crippen LogP contribution in [0.5, 0.6) is 5.75 Å². The van der Waals surface area contributed by atoms with Crippen molar-refractivity contribution in [2.45, 2.75) is 20.5 Å². The molecule has 0 saturated heterocycles. The van der Waals surface area contributed by atoms with E-state index in [1.165, 1.54) is 0 Å². The van der Waals surface area contributed by atoms with Gasteiger partial charge in [-0.15, -0.1) is 0 Å². The molecule has 3 aromatic carbocycles. The van der Waals surface area contributed by atoms with Crippen molar-refractivity contribution in [3.8, 4) is 5.75 Å². The van der Waals surface area contributed by atoms with E-state index in [0.29, 0.717) is 17.7 Å². The minimum atomic E-state index is 0.0381. The monoisotopic (exact) mass is 361 g/mol. The molecule has 0 amide bonds. The number of benzene rings is 3. The molecule has 140 valence electrons. The first-order valence-electron chi connectivity index (χ1n) is 9.31. The van der Waals surface area contributed by atoms with Crippen LogP contribution in [0.2, 0.25) is 0 Å². The predicted octanol–water partition coefficient (Wildman–Crippen LogP) is 5.11. The van der Waals surface area contributed by atoms with Gasteiger partial charge in [0.1, 0.15) is 12.4 Å². The minimum Gasteiger partial charge on any atom is -0.489 e. The molecule has 1 N–H and O–H groups in total. The Hall–Kier alpha value is -2.91. The maximum absolute atomic E-state index is 12.3. The van der Waals surface area contributed by atoms with Crippen molar-refractivity contribution in [1.82, 2.24) is 5.32 Å². The lowest BCUT2D eigenvalue weighted by Crippen LogP contribution is -2.09. The molecule has 27 heavy (non-hydrogen) atoms. The molecule has 0 radical (unpaired) electrons. The normalized spacial score (nSPS) is 9.85. The molecular formula is C24H27NO2. The third-order valence-electron chi connectivity index (χ3n) is 3.90. The van der Waals surface area contributed by atoms with Crippen LogP contribution in [0.3, 0.4) is 0 Å². The van der Waals surface area contributed by atoms with Crippen LogP contribution in [0.4, 0.5) is 0 Å². The Bertz CT molecular complexity index is 782. The molecule has 0 aromatic heterocycles. The van der Waals surface area contributed by atoms with Gasteiger partial charge in [-0.1, -0.05) is 86.6 Å². The highest BCUT2D eigenvalue weighted by molar-refractivity contribution is 6.08. The first kappa shape index (κ1) is 20.4. The summed E-state index contributed by atoms with van der Waals surface area (Å²) in [5.41, 5.74) is 2.43. The number of hydrogen-bond acceptors (Lipinski definition) is 3. The summed E-state index contributed by atoms with van der Waals surface area (Å²) in [6, 6.07) is 26.5. The summed E-state index contributed by atoms with van der Waals surface area (Å²) in [4.78, 5) is 12.3. The van der Waals surface area contributed by atoms with Crippen molar-refractivity contribution in [3.05, 3.63) is 102 Å². The van der Waals surface area contributed by atoms with Gasteiger partial charge >= 0.3 is 0 Å². The van der Waals surface area contributed by atoms with Crippen LogP contribution >= 0.6 is 0 Å². The SMILES string of the molecule is CCNCC.O=C(c1ccccc1)c1ccc(COc2ccccc2)cc1. The molecule has 0 saturated carbocycles. The third kappa shape index (κ3) is 7.08. The zero-order valence-electron chi connectivity index (χ0n) is 16.0. The van der Waals surface area contributed by atoms with Crippen molar-refractivity contribution >= 4 is 5.78 Å². The van der Waals surface area contributed by atoms with Crippen molar-refractivity contribution in [3.63, 3.8) is 0 Å². The molecule has 0 spiro atoms. The number of ether oxygens (including phenoxy) is 1. The molecule has 0 aliphatic carbocycles. The van der Waals surface area contributed by atoms with E-state index >= 15 is 0 Å². The van der Waals surface area contributed by atoms with Crippen LogP contribution in [0.25, 0.3) is 0 Å². The Morgan fingerprint density at radius 2 is 1.26 bits per heavy atom. The molecule has 3 heteroatoms. The largest absolute Gasteiger partial charge is 0.489 e. The number of nitrogens with one attached hydrogen (secondary N) is 1. The summed E-state index contributed by atoms with van der Waals surface area (Å²) in [5, 5.41) is 3.11. The lowest BCUT2D eigenvalue weighted by molar-refractivity contribution is 0.103. The molecular weight excluding hydrogens is 334 g/mol. The number of carbonyl (C=O) groups is 1. The second kappa shape index (κ2) is 11.7. The van der Waals surface area contributed by atoms with Gasteiger partial charge in [-0.3, -0.25) is 4.79 Å². The van der Waals surface area contributed by atoms with Gasteiger partial charge in [0.2, 0.25) is 0 Å². The maximum atomic E-state index is 12.3. The number of rotatable bonds is 7. The Labute approximate surface area is 162 Å². The van der Waals surface area contributed by atoms with Crippen molar-refractivity contribution in [1.29, 1.82) is 0 Å². The van der Waals surface area contributed by atoms with Crippen molar-refractivity contribution in [2.75, 3.05) is 13.1 Å². The van der Waals surface area contributed by atoms with Gasteiger partial charge in [-0.25, -0.2) is 0 Å². The molecule has 3 rings (SSSR count). The fraction of sp³-hybridized carbons (Fsp3) is 0.208. The highest BCUT2D eigenvalue weighted by atomic mass is 16.5. The maximum Gasteiger partial charge on any atom is 0.193 e. The topological polar surface area (TPSA) is 38.3 Å². The Morgan fingerprint density at radius 1 is 0.741 bits per heavy atom. The summed E-state index contributed by atoms with van der Waals surface area (Å²) in [6.45, 7) is 6.88. The smallest absolute Gasteiger partial charge is 0.193 e. The van der Waals surface area contributed by atoms with E-state index < -0.39 is 0 Å². The first-order valence-corrected chi connectivity index (χ1v) is 9.31. The molecule has 3 nitrogen and oxygen atoms in total. The Balaban J connectivity index is 0.000000465. The fourth-order valence-corrected chi connectivity index (χ4v) is 2.44. The highest BCUT2D eigenvalue weighted by Crippen LogP contribution is 2.14. The standard InChI is InChI=1S/C20H16O2.C4H11N/c21-20(17-7-3-1-4-8-17)18-13-11-16(12-14-18)15-22-19-9-5-2-6-10-19;1-3-5-4-2/h1-14H,15H2;5H,3-4H2,1-2H3. The lowest BCUT2D eigenvalue weighted by atomic mass is 10.0. The molecule has 0 aliphatic heterocycles. The lowest BCUT2D eigenvalue weighted by Gasteiger charge is -2.07. The van der Waals surface area contributed by atoms with E-state index in [-0.39, 0.29) is 5.78 Å². The van der Waals surface area contributed by atoms with Crippen LogP contribution < -0.4 is 10.1 Å². The molecule has 0 fully saturated rings. The van der Waals surface area contributed by atoms with E-state index in [1.807, 2.05) is 84.9 Å². The van der Waals surface area contributed by atoms with E-state index in [1.54, 1.807) is 0 Å². The number of para-hydroxylation sites is 1. The van der Waals surface area contributed by atoms with Crippen LogP contribution in [0.1, 0.15) is 35.3 Å². The Morgan fingerprint density at radius 3 is 1.78 bits per heavy atom. The average molecular weight is 361 g/mol. The van der Waals surface area contributed by atoms with E-state index in [2.05, 4.69) is 19.2 Å². The summed E-state index contributed by atoms with van der Waals surface area (Å²) in [6.07, 6.45) is 0. The fourth-order valence-electron chi connectivity index (χ4n) is 2.44. The average Bonchev–Trinajstić information content (AvgIpc) is 2.74. The van der Waals surface area contributed by atoms with Gasteiger partial charge in [0.25, 0.3) is 0 Å². The second-order valence-electron chi connectivity index (χ2n) is 5.95. The van der Waals surface area contributed by atoms with Gasteiger partial charge in [0.15, 0.2) is 5.78 Å². The van der Waals surface area contributed by atoms with Crippen LogP contribution in [0, 0.1) is 0 Å². The van der Waals surface area contributed by atoms with Gasteiger partial charge in [-0.2, -0.15) is 0 Å². The second-order valence-corrected chi connectivity index (χ2v) is 5.95. The molecule has 0 atom stereocenters. The number of carbonyl (C=O) groups excluding carboxylic acids is 1. The van der Waals surface area contributed by atoms with Gasteiger partial charge in [0, 0.05) is 11.1 Å². The molecule has 0 heterocycles. The first-order chi connectivity index (χ1) is 13.2. The van der Waals surface area contributed by atoms with E-state index in [0.717, 1.165) is 24.4 Å². The zero-order chi connectivity index (χ0) is 19.3. The van der Waals surface area contributed by atoms with Gasteiger partial charge in [0.05, 0.1) is 0 Å². The van der Waals surface area contributed by atoms with Crippen LogP contribution in [0.15, 0.2) is 84.9 Å². The molecule has 0 aliphatic rings. The van der Waals surface area contributed by atoms with Crippen LogP contribution in [-0.2, 0) is 6.61 Å². The van der Waals surface area contributed by atoms with Gasteiger partial charge < -0.3 is 10.1 Å². The highest BCUT2D eigenvalue weighted by Gasteiger charge is 2.08. The van der Waals surface area contributed by atoms with Gasteiger partial charge in [-0.05, 0) is 30.8 Å². The van der Waals surface area contributed by atoms with Crippen molar-refractivity contribution in [2.24, 2.45) is 0 Å². The predicted molar refractivity (Wildman–Crippen MR) is 111 cm³/mol. The number of hydrogen-bond donors (Lipinski definition) is 1. The summed E-state index contributed by atoms with van der Waals surface area (Å²) < 4.78 is 5.69. The zero-order valence-corrected chi connectivity index (χ0v) is 16.0. The molecule has 0 unspecified atom stereocenters. The summed E-state index contributed by atoms with van der Waals surface area (Å²) in [7, 11) is 0.